The van der Waals surface area contributed by atoms with Gasteiger partial charge in [0.2, 0.25) is 5.88 Å². The fourth-order valence-corrected chi connectivity index (χ4v) is 6.43. The van der Waals surface area contributed by atoms with Crippen LogP contribution in [0.3, 0.4) is 0 Å². The molecule has 43 heavy (non-hydrogen) atoms. The average Bonchev–Trinajstić information content (AvgIpc) is 3.61. The lowest BCUT2D eigenvalue weighted by Crippen LogP contribution is -2.38. The van der Waals surface area contributed by atoms with Crippen LogP contribution in [0.1, 0.15) is 29.3 Å². The Bertz CT molecular complexity index is 1670. The topological polar surface area (TPSA) is 110 Å². The molecule has 0 aliphatic carbocycles. The van der Waals surface area contributed by atoms with Gasteiger partial charge in [-0.05, 0) is 40.3 Å². The Morgan fingerprint density at radius 3 is 2.14 bits per heavy atom. The molecule has 0 bridgehead atoms. The Hall–Kier alpha value is -3.78. The van der Waals surface area contributed by atoms with Gasteiger partial charge in [-0.2, -0.15) is 5.10 Å². The fraction of sp³-hybridized carbons (Fsp3) is 0.281. The van der Waals surface area contributed by atoms with Crippen LogP contribution in [0.4, 0.5) is 0 Å². The van der Waals surface area contributed by atoms with E-state index in [0.29, 0.717) is 38.5 Å². The molecule has 1 aliphatic rings. The molecule has 0 unspecified atom stereocenters. The van der Waals surface area contributed by atoms with E-state index >= 15 is 0 Å². The molecular weight excluding hydrogens is 663 g/mol. The van der Waals surface area contributed by atoms with Crippen LogP contribution < -0.4 is 14.2 Å². The molecule has 1 N–H and O–H groups in total. The zero-order valence-corrected chi connectivity index (χ0v) is 26.0. The first kappa shape index (κ1) is 29.3. The van der Waals surface area contributed by atoms with E-state index in [4.69, 9.17) is 23.7 Å². The van der Waals surface area contributed by atoms with Crippen LogP contribution >= 0.6 is 22.6 Å². The maximum Gasteiger partial charge on any atom is 0.228 e. The lowest BCUT2D eigenvalue weighted by Gasteiger charge is -2.38. The van der Waals surface area contributed by atoms with E-state index in [1.54, 1.807) is 26.0 Å². The molecule has 0 saturated carbocycles. The van der Waals surface area contributed by atoms with E-state index < -0.39 is 24.0 Å². The van der Waals surface area contributed by atoms with Gasteiger partial charge in [-0.3, -0.25) is 0 Å². The summed E-state index contributed by atoms with van der Waals surface area (Å²) in [5.74, 6) is 1.73. The molecule has 11 heteroatoms. The Balaban J connectivity index is 1.41. The number of nitrogens with zero attached hydrogens (tertiary/aromatic N) is 4. The van der Waals surface area contributed by atoms with E-state index in [1.165, 1.54) is 6.33 Å². The van der Waals surface area contributed by atoms with Gasteiger partial charge in [0.05, 0.1) is 34.0 Å². The van der Waals surface area contributed by atoms with Crippen molar-refractivity contribution in [1.29, 1.82) is 0 Å². The lowest BCUT2D eigenvalue weighted by molar-refractivity contribution is -0.0957. The molecule has 3 atom stereocenters. The maximum atomic E-state index is 11.3. The van der Waals surface area contributed by atoms with Crippen LogP contribution in [0.2, 0.25) is 0 Å². The summed E-state index contributed by atoms with van der Waals surface area (Å²) in [5.41, 5.74) is 1.83. The Kier molecular flexibility index (Phi) is 8.48. The molecule has 1 saturated heterocycles. The number of methoxy groups -OCH3 is 3. The summed E-state index contributed by atoms with van der Waals surface area (Å²) in [6.07, 6.45) is -0.337. The van der Waals surface area contributed by atoms with Crippen molar-refractivity contribution in [2.24, 2.45) is 0 Å². The number of aromatic nitrogens is 4. The third-order valence-corrected chi connectivity index (χ3v) is 8.45. The van der Waals surface area contributed by atoms with Gasteiger partial charge in [0.25, 0.3) is 0 Å². The molecule has 1 fully saturated rings. The maximum absolute atomic E-state index is 11.3. The summed E-state index contributed by atoms with van der Waals surface area (Å²) in [6, 6.07) is 25.4. The molecule has 2 aromatic heterocycles. The quantitative estimate of drug-likeness (QED) is 0.158. The standard InChI is InChI=1S/C32H31IN4O6/c1-39-24-15-9-7-13-21(24)32(20-11-5-4-6-12-20,22-14-8-10-16-25(22)40-2)42-18-26-23(38)17-27(43-26)37-30-28(29(33)36-37)31(41-3)35-19-34-30/h4-16,19,23,26-27,38H,17-18H2,1-3H3/t23-,26+,27+/m0/s1. The minimum Gasteiger partial charge on any atom is -0.496 e. The number of hydrogen-bond acceptors (Lipinski definition) is 9. The minimum atomic E-state index is -1.17. The van der Waals surface area contributed by atoms with Gasteiger partial charge in [-0.15, -0.1) is 0 Å². The second-order valence-electron chi connectivity index (χ2n) is 10.0. The normalized spacial score (nSPS) is 18.6. The zero-order chi connectivity index (χ0) is 30.0. The molecular formula is C32H31IN4O6. The van der Waals surface area contributed by atoms with E-state index in [-0.39, 0.29) is 6.61 Å². The first-order valence-electron chi connectivity index (χ1n) is 13.7. The summed E-state index contributed by atoms with van der Waals surface area (Å²) in [4.78, 5) is 8.64. The second-order valence-corrected chi connectivity index (χ2v) is 11.0. The molecule has 0 spiro atoms. The number of hydrogen-bond donors (Lipinski definition) is 1. The second kappa shape index (κ2) is 12.4. The predicted molar refractivity (Wildman–Crippen MR) is 167 cm³/mol. The van der Waals surface area contributed by atoms with Crippen LogP contribution in [0.15, 0.2) is 85.2 Å². The Labute approximate surface area is 262 Å². The molecule has 3 heterocycles. The molecule has 10 nitrogen and oxygen atoms in total. The molecule has 6 rings (SSSR count). The van der Waals surface area contributed by atoms with E-state index in [0.717, 1.165) is 16.7 Å². The van der Waals surface area contributed by atoms with Crippen molar-refractivity contribution < 1.29 is 28.8 Å². The predicted octanol–water partition coefficient (Wildman–Crippen LogP) is 5.11. The van der Waals surface area contributed by atoms with Gasteiger partial charge in [0, 0.05) is 17.5 Å². The van der Waals surface area contributed by atoms with E-state index in [1.807, 2.05) is 78.9 Å². The van der Waals surface area contributed by atoms with Crippen molar-refractivity contribution in [3.05, 3.63) is 106 Å². The van der Waals surface area contributed by atoms with Crippen molar-refractivity contribution in [2.75, 3.05) is 27.9 Å². The van der Waals surface area contributed by atoms with Crippen molar-refractivity contribution in [3.63, 3.8) is 0 Å². The minimum absolute atomic E-state index is 0.0528. The number of fused-ring (bicyclic) bond motifs is 1. The highest BCUT2D eigenvalue weighted by Crippen LogP contribution is 2.48. The van der Waals surface area contributed by atoms with Gasteiger partial charge in [0.15, 0.2) is 17.5 Å². The molecule has 222 valence electrons. The first-order chi connectivity index (χ1) is 21.0. The summed E-state index contributed by atoms with van der Waals surface area (Å²) >= 11 is 2.13. The largest absolute Gasteiger partial charge is 0.496 e. The fourth-order valence-electron chi connectivity index (χ4n) is 5.72. The molecule has 3 aromatic carbocycles. The van der Waals surface area contributed by atoms with Crippen molar-refractivity contribution in [1.82, 2.24) is 19.7 Å². The van der Waals surface area contributed by atoms with Gasteiger partial charge in [-0.25, -0.2) is 14.6 Å². The smallest absolute Gasteiger partial charge is 0.228 e. The van der Waals surface area contributed by atoms with Gasteiger partial charge in [0.1, 0.15) is 33.0 Å². The van der Waals surface area contributed by atoms with Crippen molar-refractivity contribution in [2.45, 2.75) is 30.5 Å². The van der Waals surface area contributed by atoms with Gasteiger partial charge < -0.3 is 28.8 Å². The lowest BCUT2D eigenvalue weighted by atomic mass is 9.79. The number of halogens is 1. The van der Waals surface area contributed by atoms with Gasteiger partial charge in [-0.1, -0.05) is 66.7 Å². The summed E-state index contributed by atoms with van der Waals surface area (Å²) in [7, 11) is 4.83. The van der Waals surface area contributed by atoms with Crippen LogP contribution in [-0.2, 0) is 15.1 Å². The van der Waals surface area contributed by atoms with Crippen LogP contribution in [0.5, 0.6) is 17.4 Å². The summed E-state index contributed by atoms with van der Waals surface area (Å²) < 4.78 is 33.0. The highest BCUT2D eigenvalue weighted by molar-refractivity contribution is 14.1. The van der Waals surface area contributed by atoms with Crippen LogP contribution in [-0.4, -0.2) is 65.0 Å². The number of aliphatic hydroxyl groups excluding tert-OH is 1. The van der Waals surface area contributed by atoms with E-state index in [2.05, 4.69) is 37.7 Å². The summed E-state index contributed by atoms with van der Waals surface area (Å²) in [6.45, 7) is 0.0528. The molecule has 0 radical (unpaired) electrons. The SMILES string of the molecule is COc1ccccc1C(OC[C@H]1O[C@@H](n2nc(I)c3c(OC)ncnc32)C[C@@H]1O)(c1ccccc1)c1ccccc1OC. The Morgan fingerprint density at radius 1 is 0.884 bits per heavy atom. The Morgan fingerprint density at radius 2 is 1.51 bits per heavy atom. The van der Waals surface area contributed by atoms with Crippen LogP contribution in [0, 0.1) is 3.70 Å². The van der Waals surface area contributed by atoms with Gasteiger partial charge >= 0.3 is 0 Å². The highest BCUT2D eigenvalue weighted by Gasteiger charge is 2.45. The number of aliphatic hydroxyl groups is 1. The van der Waals surface area contributed by atoms with Crippen LogP contribution in [0.25, 0.3) is 11.0 Å². The van der Waals surface area contributed by atoms with Crippen molar-refractivity contribution in [3.8, 4) is 17.4 Å². The molecule has 5 aromatic rings. The molecule has 0 amide bonds. The third kappa shape index (κ3) is 5.20. The molecule has 1 aliphatic heterocycles. The first-order valence-corrected chi connectivity index (χ1v) is 14.8. The third-order valence-electron chi connectivity index (χ3n) is 7.70. The number of para-hydroxylation sites is 2. The zero-order valence-electron chi connectivity index (χ0n) is 23.9. The number of rotatable bonds is 10. The highest BCUT2D eigenvalue weighted by atomic mass is 127. The average molecular weight is 695 g/mol. The monoisotopic (exact) mass is 694 g/mol. The van der Waals surface area contributed by atoms with E-state index in [9.17, 15) is 5.11 Å². The number of benzene rings is 3. The number of ether oxygens (including phenoxy) is 5. The summed E-state index contributed by atoms with van der Waals surface area (Å²) in [5, 5.41) is 16.6. The van der Waals surface area contributed by atoms with Crippen molar-refractivity contribution >= 4 is 33.6 Å².